The van der Waals surface area contributed by atoms with Crippen molar-refractivity contribution in [3.63, 3.8) is 0 Å². The van der Waals surface area contributed by atoms with Crippen molar-refractivity contribution >= 4 is 5.91 Å². The molecule has 5 nitrogen and oxygen atoms in total. The number of carbonyl (C=O) groups is 1. The number of aromatic nitrogens is 1. The zero-order chi connectivity index (χ0) is 13.7. The van der Waals surface area contributed by atoms with Crippen molar-refractivity contribution < 1.29 is 18.7 Å². The van der Waals surface area contributed by atoms with E-state index in [1.807, 2.05) is 4.90 Å². The summed E-state index contributed by atoms with van der Waals surface area (Å²) >= 11 is 0. The summed E-state index contributed by atoms with van der Waals surface area (Å²) in [5.41, 5.74) is -0.684. The second-order valence-electron chi connectivity index (χ2n) is 5.69. The van der Waals surface area contributed by atoms with Gasteiger partial charge in [0.1, 0.15) is 23.9 Å². The van der Waals surface area contributed by atoms with E-state index in [-0.39, 0.29) is 18.2 Å². The van der Waals surface area contributed by atoms with E-state index in [2.05, 4.69) is 4.98 Å². The average Bonchev–Trinajstić information content (AvgIpc) is 2.91. The molecule has 1 atom stereocenters. The van der Waals surface area contributed by atoms with Crippen LogP contribution in [0, 0.1) is 5.82 Å². The van der Waals surface area contributed by atoms with E-state index in [0.29, 0.717) is 18.6 Å². The van der Waals surface area contributed by atoms with Crippen LogP contribution in [-0.4, -0.2) is 40.3 Å². The Hall–Kier alpha value is -1.69. The molecule has 6 heteroatoms. The lowest BCUT2D eigenvalue weighted by Crippen LogP contribution is -2.55. The summed E-state index contributed by atoms with van der Waals surface area (Å²) < 4.78 is 24.6. The van der Waals surface area contributed by atoms with Crippen molar-refractivity contribution in [3.8, 4) is 5.75 Å². The van der Waals surface area contributed by atoms with Gasteiger partial charge >= 0.3 is 0 Å². The van der Waals surface area contributed by atoms with Gasteiger partial charge in [-0.3, -0.25) is 9.78 Å². The molecule has 1 aromatic rings. The molecule has 1 saturated carbocycles. The number of pyridine rings is 1. The number of halogens is 1. The number of rotatable bonds is 2. The van der Waals surface area contributed by atoms with Gasteiger partial charge in [0.05, 0.1) is 12.4 Å². The summed E-state index contributed by atoms with van der Waals surface area (Å²) in [6.45, 7) is 0.796. The first-order valence-corrected chi connectivity index (χ1v) is 6.92. The Morgan fingerprint density at radius 3 is 3.05 bits per heavy atom. The predicted octanol–water partition coefficient (Wildman–Crippen LogP) is 1.48. The van der Waals surface area contributed by atoms with Crippen LogP contribution in [0.5, 0.6) is 5.75 Å². The second kappa shape index (κ2) is 4.15. The van der Waals surface area contributed by atoms with Gasteiger partial charge in [0.15, 0.2) is 5.60 Å². The van der Waals surface area contributed by atoms with Gasteiger partial charge in [0.2, 0.25) is 0 Å². The maximum Gasteiger partial charge on any atom is 0.257 e. The Morgan fingerprint density at radius 1 is 1.45 bits per heavy atom. The Labute approximate surface area is 115 Å². The summed E-state index contributed by atoms with van der Waals surface area (Å²) in [4.78, 5) is 17.9. The predicted molar refractivity (Wildman–Crippen MR) is 66.4 cm³/mol. The van der Waals surface area contributed by atoms with E-state index in [9.17, 15) is 9.18 Å². The topological polar surface area (TPSA) is 51.7 Å². The van der Waals surface area contributed by atoms with Gasteiger partial charge in [-0.05, 0) is 12.8 Å². The quantitative estimate of drug-likeness (QED) is 0.822. The van der Waals surface area contributed by atoms with E-state index < -0.39 is 11.4 Å². The number of carbonyl (C=O) groups excluding carboxylic acids is 1. The van der Waals surface area contributed by atoms with Crippen molar-refractivity contribution in [2.75, 3.05) is 6.54 Å². The van der Waals surface area contributed by atoms with Crippen LogP contribution in [0.1, 0.15) is 25.7 Å². The zero-order valence-electron chi connectivity index (χ0n) is 10.9. The highest BCUT2D eigenvalue weighted by atomic mass is 19.1. The average molecular weight is 278 g/mol. The van der Waals surface area contributed by atoms with Crippen molar-refractivity contribution in [3.05, 3.63) is 24.3 Å². The Kier molecular flexibility index (Phi) is 2.51. The van der Waals surface area contributed by atoms with E-state index >= 15 is 0 Å². The van der Waals surface area contributed by atoms with Crippen molar-refractivity contribution in [1.29, 1.82) is 0 Å². The number of ether oxygens (including phenoxy) is 2. The van der Waals surface area contributed by atoms with Crippen molar-refractivity contribution in [2.24, 2.45) is 0 Å². The molecule has 1 spiro atoms. The fourth-order valence-electron chi connectivity index (χ4n) is 3.34. The standard InChI is InChI=1S/C14H15FN2O3/c15-9-4-10(8-16-7-9)19-11-5-14(6-11)13(18)17-3-1-2-12(17)20-14/h4,7-8,11-12H,1-3,5-6H2. The number of amides is 1. The molecule has 2 aliphatic heterocycles. The molecule has 3 fully saturated rings. The molecule has 3 heterocycles. The Bertz CT molecular complexity index is 559. The van der Waals surface area contributed by atoms with Gasteiger partial charge < -0.3 is 14.4 Å². The first kappa shape index (κ1) is 12.1. The normalized spacial score (nSPS) is 35.2. The number of nitrogens with zero attached hydrogens (tertiary/aromatic N) is 2. The number of hydrogen-bond acceptors (Lipinski definition) is 4. The summed E-state index contributed by atoms with van der Waals surface area (Å²) in [6, 6.07) is 1.30. The van der Waals surface area contributed by atoms with Crippen molar-refractivity contribution in [2.45, 2.75) is 43.6 Å². The maximum atomic E-state index is 13.0. The van der Waals surface area contributed by atoms with Gasteiger partial charge in [0.25, 0.3) is 5.91 Å². The first-order valence-electron chi connectivity index (χ1n) is 6.92. The highest BCUT2D eigenvalue weighted by Crippen LogP contribution is 2.47. The highest BCUT2D eigenvalue weighted by molar-refractivity contribution is 5.88. The minimum Gasteiger partial charge on any atom is -0.488 e. The molecule has 106 valence electrons. The monoisotopic (exact) mass is 278 g/mol. The molecule has 1 aromatic heterocycles. The summed E-state index contributed by atoms with van der Waals surface area (Å²) in [6.07, 6.45) is 5.47. The van der Waals surface area contributed by atoms with Crippen LogP contribution >= 0.6 is 0 Å². The molecule has 2 saturated heterocycles. The molecule has 3 aliphatic rings. The molecule has 1 aliphatic carbocycles. The molecule has 1 unspecified atom stereocenters. The van der Waals surface area contributed by atoms with E-state index in [0.717, 1.165) is 25.6 Å². The molecule has 0 bridgehead atoms. The minimum atomic E-state index is -0.684. The fourth-order valence-corrected chi connectivity index (χ4v) is 3.34. The van der Waals surface area contributed by atoms with Crippen LogP contribution in [0.4, 0.5) is 4.39 Å². The third-order valence-electron chi connectivity index (χ3n) is 4.31. The third-order valence-corrected chi connectivity index (χ3v) is 4.31. The minimum absolute atomic E-state index is 0.0423. The molecule has 0 N–H and O–H groups in total. The number of fused-ring (bicyclic) bond motifs is 1. The lowest BCUT2D eigenvalue weighted by molar-refractivity contribution is -0.162. The molecule has 20 heavy (non-hydrogen) atoms. The summed E-state index contributed by atoms with van der Waals surface area (Å²) in [5.74, 6) is 0.0680. The van der Waals surface area contributed by atoms with Gasteiger partial charge in [-0.2, -0.15) is 0 Å². The second-order valence-corrected chi connectivity index (χ2v) is 5.69. The summed E-state index contributed by atoms with van der Waals surface area (Å²) in [5, 5.41) is 0. The largest absolute Gasteiger partial charge is 0.488 e. The Balaban J connectivity index is 1.41. The maximum absolute atomic E-state index is 13.0. The third kappa shape index (κ3) is 1.71. The molecular weight excluding hydrogens is 263 g/mol. The van der Waals surface area contributed by atoms with Gasteiger partial charge in [-0.15, -0.1) is 0 Å². The van der Waals surface area contributed by atoms with Crippen LogP contribution in [-0.2, 0) is 9.53 Å². The van der Waals surface area contributed by atoms with E-state index in [1.54, 1.807) is 0 Å². The van der Waals surface area contributed by atoms with Gasteiger partial charge in [0, 0.05) is 25.5 Å². The van der Waals surface area contributed by atoms with E-state index in [4.69, 9.17) is 9.47 Å². The van der Waals surface area contributed by atoms with Crippen LogP contribution in [0.15, 0.2) is 18.5 Å². The molecule has 0 aromatic carbocycles. The highest BCUT2D eigenvalue weighted by Gasteiger charge is 2.61. The first-order chi connectivity index (χ1) is 9.66. The lowest BCUT2D eigenvalue weighted by atomic mass is 9.76. The smallest absolute Gasteiger partial charge is 0.257 e. The summed E-state index contributed by atoms with van der Waals surface area (Å²) in [7, 11) is 0. The molecule has 1 amide bonds. The zero-order valence-corrected chi connectivity index (χ0v) is 10.9. The van der Waals surface area contributed by atoms with Crippen LogP contribution < -0.4 is 4.74 Å². The Morgan fingerprint density at radius 2 is 2.30 bits per heavy atom. The SMILES string of the molecule is O=C1N2CCCC2OC12CC(Oc1cncc(F)c1)C2. The van der Waals surface area contributed by atoms with Gasteiger partial charge in [-0.25, -0.2) is 4.39 Å². The van der Waals surface area contributed by atoms with Gasteiger partial charge in [-0.1, -0.05) is 0 Å². The molecule has 0 radical (unpaired) electrons. The number of hydrogen-bond donors (Lipinski definition) is 0. The van der Waals surface area contributed by atoms with Crippen LogP contribution in [0.2, 0.25) is 0 Å². The van der Waals surface area contributed by atoms with Crippen LogP contribution in [0.25, 0.3) is 0 Å². The molecule has 4 rings (SSSR count). The van der Waals surface area contributed by atoms with Crippen molar-refractivity contribution in [1.82, 2.24) is 9.88 Å². The van der Waals surface area contributed by atoms with Crippen LogP contribution in [0.3, 0.4) is 0 Å². The lowest BCUT2D eigenvalue weighted by Gasteiger charge is -2.41. The van der Waals surface area contributed by atoms with E-state index in [1.165, 1.54) is 12.3 Å². The molecular formula is C14H15FN2O3. The fraction of sp³-hybridized carbons (Fsp3) is 0.571.